The van der Waals surface area contributed by atoms with E-state index in [1.54, 1.807) is 6.07 Å². The van der Waals surface area contributed by atoms with Gasteiger partial charge < -0.3 is 4.74 Å². The molecule has 1 unspecified atom stereocenters. The molecule has 7 heteroatoms. The van der Waals surface area contributed by atoms with Gasteiger partial charge in [-0.2, -0.15) is 0 Å². The molecule has 22 heavy (non-hydrogen) atoms. The smallest absolute Gasteiger partial charge is 0.279 e. The molecule has 0 aliphatic heterocycles. The third-order valence-electron chi connectivity index (χ3n) is 2.76. The Morgan fingerprint density at radius 2 is 1.82 bits per heavy atom. The van der Waals surface area contributed by atoms with Gasteiger partial charge in [0.2, 0.25) is 0 Å². The summed E-state index contributed by atoms with van der Waals surface area (Å²) in [5.41, 5.74) is 4.61. The maximum Gasteiger partial charge on any atom is 0.279 e. The Hall–Kier alpha value is -2.41. The highest BCUT2D eigenvalue weighted by Crippen LogP contribution is 2.14. The summed E-state index contributed by atoms with van der Waals surface area (Å²) in [4.78, 5) is 25.1. The van der Waals surface area contributed by atoms with Crippen molar-refractivity contribution in [2.45, 2.75) is 20.0 Å². The molecule has 116 valence electrons. The lowest BCUT2D eigenvalue weighted by Gasteiger charge is -2.14. The van der Waals surface area contributed by atoms with E-state index < -0.39 is 12.0 Å². The summed E-state index contributed by atoms with van der Waals surface area (Å²) in [6.07, 6.45) is -0.837. The van der Waals surface area contributed by atoms with Crippen molar-refractivity contribution in [2.75, 3.05) is 0 Å². The first-order chi connectivity index (χ1) is 10.5. The number of nitrogens with one attached hydrogen (secondary N) is 2. The van der Waals surface area contributed by atoms with Gasteiger partial charge in [-0.15, -0.1) is 11.3 Å². The van der Waals surface area contributed by atoms with E-state index in [-0.39, 0.29) is 11.7 Å². The number of thiophene rings is 1. The fourth-order valence-electron chi connectivity index (χ4n) is 1.61. The van der Waals surface area contributed by atoms with Crippen LogP contribution < -0.4 is 15.6 Å². The normalized spacial score (nSPS) is 11.6. The molecule has 2 aromatic rings. The molecule has 0 bridgehead atoms. The second-order valence-electron chi connectivity index (χ2n) is 4.57. The topological polar surface area (TPSA) is 67.4 Å². The molecule has 0 spiro atoms. The monoisotopic (exact) mass is 322 g/mol. The zero-order chi connectivity index (χ0) is 16.1. The van der Waals surface area contributed by atoms with Crippen LogP contribution in [0.3, 0.4) is 0 Å². The summed E-state index contributed by atoms with van der Waals surface area (Å²) in [7, 11) is 0. The average Bonchev–Trinajstić information content (AvgIpc) is 2.93. The van der Waals surface area contributed by atoms with Crippen LogP contribution in [0, 0.1) is 12.7 Å². The first-order valence-electron chi connectivity index (χ1n) is 6.54. The lowest BCUT2D eigenvalue weighted by atomic mass is 10.3. The Balaban J connectivity index is 1.83. The van der Waals surface area contributed by atoms with Crippen LogP contribution in [0.2, 0.25) is 0 Å². The Labute approximate surface area is 131 Å². The van der Waals surface area contributed by atoms with E-state index in [9.17, 15) is 14.0 Å². The summed E-state index contributed by atoms with van der Waals surface area (Å²) in [6, 6.07) is 8.82. The second kappa shape index (κ2) is 7.04. The number of carbonyl (C=O) groups is 2. The van der Waals surface area contributed by atoms with Crippen LogP contribution in [0.1, 0.15) is 21.5 Å². The van der Waals surface area contributed by atoms with E-state index in [0.29, 0.717) is 10.6 Å². The number of rotatable bonds is 4. The van der Waals surface area contributed by atoms with Crippen molar-refractivity contribution in [3.05, 3.63) is 52.0 Å². The largest absolute Gasteiger partial charge is 0.481 e. The van der Waals surface area contributed by atoms with Crippen molar-refractivity contribution in [3.63, 3.8) is 0 Å². The van der Waals surface area contributed by atoms with Gasteiger partial charge >= 0.3 is 0 Å². The molecule has 1 heterocycles. The molecule has 1 atom stereocenters. The van der Waals surface area contributed by atoms with Crippen LogP contribution in [0.4, 0.5) is 4.39 Å². The minimum atomic E-state index is -0.837. The third-order valence-corrected chi connectivity index (χ3v) is 3.76. The SMILES string of the molecule is Cc1ccc(C(=O)NNC(=O)C(C)Oc2ccc(F)cc2)s1. The molecule has 0 fully saturated rings. The Morgan fingerprint density at radius 3 is 2.41 bits per heavy atom. The molecule has 0 aliphatic rings. The van der Waals surface area contributed by atoms with E-state index in [4.69, 9.17) is 4.74 Å². The zero-order valence-electron chi connectivity index (χ0n) is 12.1. The second-order valence-corrected chi connectivity index (χ2v) is 5.86. The summed E-state index contributed by atoms with van der Waals surface area (Å²) in [5.74, 6) is -0.918. The van der Waals surface area contributed by atoms with Crippen LogP contribution in [-0.2, 0) is 4.79 Å². The van der Waals surface area contributed by atoms with E-state index in [0.717, 1.165) is 4.88 Å². The first-order valence-corrected chi connectivity index (χ1v) is 7.36. The third kappa shape index (κ3) is 4.29. The highest BCUT2D eigenvalue weighted by molar-refractivity contribution is 7.13. The first kappa shape index (κ1) is 16.0. The maximum absolute atomic E-state index is 12.8. The molecule has 1 aromatic carbocycles. The van der Waals surface area contributed by atoms with Crippen LogP contribution >= 0.6 is 11.3 Å². The van der Waals surface area contributed by atoms with Gasteiger partial charge in [-0.05, 0) is 50.2 Å². The molecule has 2 rings (SSSR count). The molecule has 0 radical (unpaired) electrons. The molecule has 0 saturated carbocycles. The van der Waals surface area contributed by atoms with Crippen LogP contribution in [0.15, 0.2) is 36.4 Å². The van der Waals surface area contributed by atoms with Crippen molar-refractivity contribution < 1.29 is 18.7 Å². The molecule has 1 aromatic heterocycles. The summed E-state index contributed by atoms with van der Waals surface area (Å²) >= 11 is 1.33. The van der Waals surface area contributed by atoms with Crippen molar-refractivity contribution >= 4 is 23.2 Å². The number of halogens is 1. The van der Waals surface area contributed by atoms with Crippen LogP contribution in [0.5, 0.6) is 5.75 Å². The quantitative estimate of drug-likeness (QED) is 0.850. The molecule has 0 aliphatic carbocycles. The summed E-state index contributed by atoms with van der Waals surface area (Å²) in [5, 5.41) is 0. The Kier molecular flexibility index (Phi) is 5.11. The minimum Gasteiger partial charge on any atom is -0.481 e. The Morgan fingerprint density at radius 1 is 1.14 bits per heavy atom. The molecule has 2 N–H and O–H groups in total. The van der Waals surface area contributed by atoms with E-state index >= 15 is 0 Å². The van der Waals surface area contributed by atoms with Crippen molar-refractivity contribution in [1.82, 2.24) is 10.9 Å². The number of benzene rings is 1. The van der Waals surface area contributed by atoms with Crippen LogP contribution in [0.25, 0.3) is 0 Å². The number of carbonyl (C=O) groups excluding carboxylic acids is 2. The van der Waals surface area contributed by atoms with Gasteiger partial charge in [-0.3, -0.25) is 20.4 Å². The summed E-state index contributed by atoms with van der Waals surface area (Å²) < 4.78 is 18.1. The Bertz CT molecular complexity index is 670. The number of hydrogen-bond acceptors (Lipinski definition) is 4. The minimum absolute atomic E-state index is 0.365. The van der Waals surface area contributed by atoms with Crippen LogP contribution in [-0.4, -0.2) is 17.9 Å². The predicted octanol–water partition coefficient (Wildman–Crippen LogP) is 2.42. The fraction of sp³-hybridized carbons (Fsp3) is 0.200. The molecular weight excluding hydrogens is 307 g/mol. The van der Waals surface area contributed by atoms with Crippen molar-refractivity contribution in [1.29, 1.82) is 0 Å². The van der Waals surface area contributed by atoms with Gasteiger partial charge in [0.1, 0.15) is 11.6 Å². The van der Waals surface area contributed by atoms with Crippen molar-refractivity contribution in [3.8, 4) is 5.75 Å². The van der Waals surface area contributed by atoms with Gasteiger partial charge in [0.25, 0.3) is 11.8 Å². The zero-order valence-corrected chi connectivity index (χ0v) is 12.9. The lowest BCUT2D eigenvalue weighted by Crippen LogP contribution is -2.47. The number of hydrogen-bond donors (Lipinski definition) is 2. The average molecular weight is 322 g/mol. The number of aryl methyl sites for hydroxylation is 1. The maximum atomic E-state index is 12.8. The van der Waals surface area contributed by atoms with Gasteiger partial charge in [-0.25, -0.2) is 4.39 Å². The van der Waals surface area contributed by atoms with E-state index in [1.165, 1.54) is 42.5 Å². The van der Waals surface area contributed by atoms with Gasteiger partial charge in [-0.1, -0.05) is 0 Å². The highest BCUT2D eigenvalue weighted by Gasteiger charge is 2.16. The van der Waals surface area contributed by atoms with Crippen molar-refractivity contribution in [2.24, 2.45) is 0 Å². The predicted molar refractivity (Wildman–Crippen MR) is 81.2 cm³/mol. The van der Waals surface area contributed by atoms with Gasteiger partial charge in [0.15, 0.2) is 6.10 Å². The fourth-order valence-corrected chi connectivity index (χ4v) is 2.37. The highest BCUT2D eigenvalue weighted by atomic mass is 32.1. The van der Waals surface area contributed by atoms with Gasteiger partial charge in [0.05, 0.1) is 4.88 Å². The number of ether oxygens (including phenoxy) is 1. The molecule has 2 amide bonds. The standard InChI is InChI=1S/C15H15FN2O3S/c1-9-3-8-13(22-9)15(20)18-17-14(19)10(2)21-12-6-4-11(16)5-7-12/h3-8,10H,1-2H3,(H,17,19)(H,18,20). The number of hydrazine groups is 1. The molecule has 0 saturated heterocycles. The van der Waals surface area contributed by atoms with E-state index in [1.807, 2.05) is 13.0 Å². The van der Waals surface area contributed by atoms with E-state index in [2.05, 4.69) is 10.9 Å². The number of amides is 2. The van der Waals surface area contributed by atoms with Gasteiger partial charge in [0, 0.05) is 4.88 Å². The lowest BCUT2D eigenvalue weighted by molar-refractivity contribution is -0.128. The molecule has 5 nitrogen and oxygen atoms in total. The molecular formula is C15H15FN2O3S. The summed E-state index contributed by atoms with van der Waals surface area (Å²) in [6.45, 7) is 3.42.